The number of hydrogen-bond donors (Lipinski definition) is 2. The normalized spacial score (nSPS) is 12.5. The zero-order chi connectivity index (χ0) is 13.7. The van der Waals surface area contributed by atoms with Gasteiger partial charge in [0.05, 0.1) is 12.6 Å². The highest BCUT2D eigenvalue weighted by molar-refractivity contribution is 5.98. The average molecular weight is 260 g/mol. The highest BCUT2D eigenvalue weighted by Gasteiger charge is 2.13. The molecule has 2 N–H and O–H groups in total. The zero-order valence-electron chi connectivity index (χ0n) is 11.4. The minimum atomic E-state index is -0.0430. The Morgan fingerprint density at radius 3 is 3.00 bits per heavy atom. The quantitative estimate of drug-likeness (QED) is 0.839. The molecule has 1 amide bonds. The van der Waals surface area contributed by atoms with Gasteiger partial charge < -0.3 is 15.0 Å². The summed E-state index contributed by atoms with van der Waals surface area (Å²) in [4.78, 5) is 15.3. The van der Waals surface area contributed by atoms with Crippen LogP contribution in [0.2, 0.25) is 0 Å². The summed E-state index contributed by atoms with van der Waals surface area (Å²) in [6.45, 7) is 2.65. The maximum absolute atomic E-state index is 12.2. The molecule has 2 rings (SSSR count). The number of fused-ring (bicyclic) bond motifs is 1. The summed E-state index contributed by atoms with van der Waals surface area (Å²) in [5.74, 6) is -0.0430. The average Bonchev–Trinajstić information content (AvgIpc) is 2.86. The molecule has 0 saturated heterocycles. The second kappa shape index (κ2) is 6.38. The molecular formula is C15H20N2O2. The minimum absolute atomic E-state index is 0.0430. The number of methoxy groups -OCH3 is 1. The van der Waals surface area contributed by atoms with Crippen LogP contribution in [0, 0.1) is 0 Å². The number of nitrogens with one attached hydrogen (secondary N) is 2. The third-order valence-electron chi connectivity index (χ3n) is 3.16. The fourth-order valence-electron chi connectivity index (χ4n) is 2.21. The molecule has 0 saturated carbocycles. The van der Waals surface area contributed by atoms with Gasteiger partial charge in [-0.3, -0.25) is 4.79 Å². The lowest BCUT2D eigenvalue weighted by molar-refractivity contribution is 0.0892. The predicted octanol–water partition coefficient (Wildman–Crippen LogP) is 2.71. The molecule has 1 aromatic heterocycles. The van der Waals surface area contributed by atoms with E-state index < -0.39 is 0 Å². The van der Waals surface area contributed by atoms with Crippen molar-refractivity contribution < 1.29 is 9.53 Å². The molecule has 0 spiro atoms. The van der Waals surface area contributed by atoms with Crippen molar-refractivity contribution >= 4 is 16.8 Å². The maximum atomic E-state index is 12.2. The summed E-state index contributed by atoms with van der Waals surface area (Å²) < 4.78 is 5.13. The van der Waals surface area contributed by atoms with Crippen molar-refractivity contribution in [2.24, 2.45) is 0 Å². The van der Waals surface area contributed by atoms with Gasteiger partial charge in [-0.25, -0.2) is 0 Å². The Morgan fingerprint density at radius 1 is 1.42 bits per heavy atom. The molecule has 1 unspecified atom stereocenters. The fourth-order valence-corrected chi connectivity index (χ4v) is 2.21. The van der Waals surface area contributed by atoms with Crippen molar-refractivity contribution in [2.75, 3.05) is 13.7 Å². The lowest BCUT2D eigenvalue weighted by atomic mass is 10.1. The number of carbonyl (C=O) groups excluding carboxylic acids is 1. The van der Waals surface area contributed by atoms with Crippen LogP contribution in [0.3, 0.4) is 0 Å². The summed E-state index contributed by atoms with van der Waals surface area (Å²) in [5, 5.41) is 4.07. The number of ether oxygens (including phenoxy) is 1. The second-order valence-corrected chi connectivity index (χ2v) is 4.69. The van der Waals surface area contributed by atoms with Crippen LogP contribution < -0.4 is 5.32 Å². The van der Waals surface area contributed by atoms with Gasteiger partial charge in [-0.1, -0.05) is 13.3 Å². The van der Waals surface area contributed by atoms with E-state index in [2.05, 4.69) is 17.2 Å². The first-order chi connectivity index (χ1) is 9.24. The van der Waals surface area contributed by atoms with E-state index in [1.54, 1.807) is 7.11 Å². The first kappa shape index (κ1) is 13.6. The number of aromatic nitrogens is 1. The van der Waals surface area contributed by atoms with Crippen LogP contribution in [0.4, 0.5) is 0 Å². The highest BCUT2D eigenvalue weighted by atomic mass is 16.5. The Bertz CT molecular complexity index is 542. The van der Waals surface area contributed by atoms with Crippen LogP contribution in [-0.4, -0.2) is 30.6 Å². The number of aromatic amines is 1. The molecule has 19 heavy (non-hydrogen) atoms. The van der Waals surface area contributed by atoms with Crippen molar-refractivity contribution in [3.8, 4) is 0 Å². The Labute approximate surface area is 113 Å². The molecule has 0 radical (unpaired) electrons. The first-order valence-electron chi connectivity index (χ1n) is 6.61. The van der Waals surface area contributed by atoms with Crippen LogP contribution in [-0.2, 0) is 4.74 Å². The van der Waals surface area contributed by atoms with Gasteiger partial charge in [0.2, 0.25) is 0 Å². The number of H-pyrrole nitrogens is 1. The molecule has 1 atom stereocenters. The molecule has 2 aromatic rings. The second-order valence-electron chi connectivity index (χ2n) is 4.69. The van der Waals surface area contributed by atoms with Crippen molar-refractivity contribution in [3.05, 3.63) is 36.0 Å². The zero-order valence-corrected chi connectivity index (χ0v) is 11.4. The topological polar surface area (TPSA) is 54.1 Å². The number of rotatable bonds is 6. The van der Waals surface area contributed by atoms with Gasteiger partial charge in [-0.2, -0.15) is 0 Å². The van der Waals surface area contributed by atoms with Gasteiger partial charge in [0.15, 0.2) is 0 Å². The Morgan fingerprint density at radius 2 is 2.26 bits per heavy atom. The van der Waals surface area contributed by atoms with E-state index in [4.69, 9.17) is 4.74 Å². The van der Waals surface area contributed by atoms with Gasteiger partial charge in [-0.05, 0) is 30.7 Å². The Hall–Kier alpha value is -1.81. The summed E-state index contributed by atoms with van der Waals surface area (Å²) in [6.07, 6.45) is 3.81. The summed E-state index contributed by atoms with van der Waals surface area (Å²) in [5.41, 5.74) is 1.72. The fraction of sp³-hybridized carbons (Fsp3) is 0.400. The Balaban J connectivity index is 2.09. The third kappa shape index (κ3) is 3.35. The largest absolute Gasteiger partial charge is 0.383 e. The molecule has 4 nitrogen and oxygen atoms in total. The first-order valence-corrected chi connectivity index (χ1v) is 6.61. The van der Waals surface area contributed by atoms with Crippen molar-refractivity contribution in [2.45, 2.75) is 25.8 Å². The summed E-state index contributed by atoms with van der Waals surface area (Å²) in [7, 11) is 1.65. The molecule has 0 aliphatic heterocycles. The number of hydrogen-bond acceptors (Lipinski definition) is 2. The van der Waals surface area contributed by atoms with E-state index in [1.807, 2.05) is 30.5 Å². The van der Waals surface area contributed by atoms with Gasteiger partial charge >= 0.3 is 0 Å². The summed E-state index contributed by atoms with van der Waals surface area (Å²) >= 11 is 0. The minimum Gasteiger partial charge on any atom is -0.383 e. The highest BCUT2D eigenvalue weighted by Crippen LogP contribution is 2.14. The lowest BCUT2D eigenvalue weighted by Crippen LogP contribution is -2.37. The van der Waals surface area contributed by atoms with E-state index in [9.17, 15) is 4.79 Å². The maximum Gasteiger partial charge on any atom is 0.251 e. The van der Waals surface area contributed by atoms with Crippen molar-refractivity contribution in [1.82, 2.24) is 10.3 Å². The number of carbonyl (C=O) groups is 1. The SMILES string of the molecule is CCCC(COC)NC(=O)c1ccc2[nH]ccc2c1. The molecule has 1 aromatic carbocycles. The smallest absolute Gasteiger partial charge is 0.251 e. The van der Waals surface area contributed by atoms with Crippen molar-refractivity contribution in [3.63, 3.8) is 0 Å². The van der Waals surface area contributed by atoms with Crippen molar-refractivity contribution in [1.29, 1.82) is 0 Å². The monoisotopic (exact) mass is 260 g/mol. The standard InChI is InChI=1S/C15H20N2O2/c1-3-4-13(10-19-2)17-15(18)12-5-6-14-11(9-12)7-8-16-14/h5-9,13,16H,3-4,10H2,1-2H3,(H,17,18). The van der Waals surface area contributed by atoms with E-state index in [1.165, 1.54) is 0 Å². The molecule has 0 aliphatic rings. The van der Waals surface area contributed by atoms with Gasteiger partial charge in [0, 0.05) is 29.8 Å². The molecule has 4 heteroatoms. The van der Waals surface area contributed by atoms with E-state index in [-0.39, 0.29) is 11.9 Å². The van der Waals surface area contributed by atoms with Gasteiger partial charge in [0.1, 0.15) is 0 Å². The Kier molecular flexibility index (Phi) is 4.58. The van der Waals surface area contributed by atoms with E-state index >= 15 is 0 Å². The van der Waals surface area contributed by atoms with Crippen LogP contribution in [0.25, 0.3) is 10.9 Å². The molecule has 0 fully saturated rings. The molecule has 0 aliphatic carbocycles. The molecular weight excluding hydrogens is 240 g/mol. The molecule has 0 bridgehead atoms. The van der Waals surface area contributed by atoms with Crippen LogP contribution >= 0.6 is 0 Å². The predicted molar refractivity (Wildman–Crippen MR) is 76.3 cm³/mol. The van der Waals surface area contributed by atoms with Crippen LogP contribution in [0.5, 0.6) is 0 Å². The van der Waals surface area contributed by atoms with Gasteiger partial charge in [0.25, 0.3) is 5.91 Å². The van der Waals surface area contributed by atoms with E-state index in [0.29, 0.717) is 12.2 Å². The van der Waals surface area contributed by atoms with Crippen LogP contribution in [0.15, 0.2) is 30.5 Å². The van der Waals surface area contributed by atoms with Crippen LogP contribution in [0.1, 0.15) is 30.1 Å². The van der Waals surface area contributed by atoms with E-state index in [0.717, 1.165) is 23.7 Å². The number of amides is 1. The lowest BCUT2D eigenvalue weighted by Gasteiger charge is -2.17. The summed E-state index contributed by atoms with van der Waals surface area (Å²) in [6, 6.07) is 7.70. The molecule has 1 heterocycles. The number of benzene rings is 1. The van der Waals surface area contributed by atoms with Gasteiger partial charge in [-0.15, -0.1) is 0 Å². The molecule has 102 valence electrons. The third-order valence-corrected chi connectivity index (χ3v) is 3.16.